The van der Waals surface area contributed by atoms with Crippen molar-refractivity contribution in [3.63, 3.8) is 0 Å². The topological polar surface area (TPSA) is 197 Å². The number of hydrogen-bond acceptors (Lipinski definition) is 13. The molecule has 2 aliphatic rings. The lowest BCUT2D eigenvalue weighted by molar-refractivity contribution is -0.150. The first-order valence-corrected chi connectivity index (χ1v) is 13.4. The molecule has 2 aromatic rings. The highest BCUT2D eigenvalue weighted by Gasteiger charge is 2.54. The number of aliphatic carboxylic acids is 1. The molecule has 2 aliphatic heterocycles. The van der Waals surface area contributed by atoms with Crippen molar-refractivity contribution in [2.24, 2.45) is 5.16 Å². The van der Waals surface area contributed by atoms with E-state index in [1.807, 2.05) is 0 Å². The molecule has 0 aromatic carbocycles. The number of hydrogen-bond donors (Lipinski definition) is 4. The Bertz CT molecular complexity index is 1270. The summed E-state index contributed by atoms with van der Waals surface area (Å²) in [4.78, 5) is 62.5. The van der Waals surface area contributed by atoms with Crippen molar-refractivity contribution in [1.29, 1.82) is 0 Å². The maximum absolute atomic E-state index is 12.9. The molecule has 4 rings (SSSR count). The first kappa shape index (κ1) is 25.0. The van der Waals surface area contributed by atoms with E-state index in [4.69, 9.17) is 15.7 Å². The van der Waals surface area contributed by atoms with Crippen LogP contribution in [-0.2, 0) is 19.2 Å². The number of oxime groups is 1. The lowest BCUT2D eigenvalue weighted by atomic mass is 10.0. The number of carbonyl (C=O) groups excluding carboxylic acids is 2. The average molecular weight is 557 g/mol. The number of β-lactam (4-membered cyclic amide) rings is 1. The zero-order valence-corrected chi connectivity index (χ0v) is 20.9. The molecule has 13 nitrogen and oxygen atoms in total. The molecule has 17 heteroatoms. The van der Waals surface area contributed by atoms with E-state index in [9.17, 15) is 24.3 Å². The molecule has 5 N–H and O–H groups in total. The Hall–Kier alpha value is -3.15. The van der Waals surface area contributed by atoms with E-state index in [2.05, 4.69) is 20.4 Å². The summed E-state index contributed by atoms with van der Waals surface area (Å²) >= 11 is 4.74. The minimum Gasteiger partial charge on any atom is -0.477 e. The van der Waals surface area contributed by atoms with Gasteiger partial charge in [-0.05, 0) is 5.57 Å². The van der Waals surface area contributed by atoms with E-state index in [1.165, 1.54) is 41.4 Å². The van der Waals surface area contributed by atoms with Gasteiger partial charge in [0.15, 0.2) is 20.9 Å². The second kappa shape index (κ2) is 10.2. The molecule has 2 atom stereocenters. The third kappa shape index (κ3) is 4.97. The predicted molar refractivity (Wildman–Crippen MR) is 130 cm³/mol. The lowest BCUT2D eigenvalue weighted by Crippen LogP contribution is -2.71. The molecule has 0 unspecified atom stereocenters. The number of carboxylic acid groups (broad SMARTS) is 2. The Morgan fingerprint density at radius 2 is 2.00 bits per heavy atom. The van der Waals surface area contributed by atoms with E-state index in [-0.39, 0.29) is 33.7 Å². The SMILES string of the molecule is CON=C(C(=O)N[C@@H]1C(=O)N2C(C(=O)O)=C(CSc3nc(C(=O)O)cs3)CS[C@@H]12)c1csc(N)n1. The summed E-state index contributed by atoms with van der Waals surface area (Å²) in [6, 6.07) is -0.967. The smallest absolute Gasteiger partial charge is 0.355 e. The highest BCUT2D eigenvalue weighted by molar-refractivity contribution is 8.01. The summed E-state index contributed by atoms with van der Waals surface area (Å²) in [5.74, 6) is -3.19. The fourth-order valence-electron chi connectivity index (χ4n) is 3.27. The lowest BCUT2D eigenvalue weighted by Gasteiger charge is -2.49. The van der Waals surface area contributed by atoms with Crippen LogP contribution in [0.25, 0.3) is 0 Å². The fraction of sp³-hybridized carbons (Fsp3) is 0.278. The Morgan fingerprint density at radius 3 is 2.60 bits per heavy atom. The van der Waals surface area contributed by atoms with Gasteiger partial charge in [0.05, 0.1) is 0 Å². The number of thioether (sulfide) groups is 2. The fourth-order valence-corrected chi connectivity index (χ4v) is 7.10. The van der Waals surface area contributed by atoms with Gasteiger partial charge in [0, 0.05) is 22.3 Å². The third-order valence-electron chi connectivity index (χ3n) is 4.77. The van der Waals surface area contributed by atoms with Crippen LogP contribution in [0.4, 0.5) is 5.13 Å². The number of nitrogens with one attached hydrogen (secondary N) is 1. The van der Waals surface area contributed by atoms with Gasteiger partial charge >= 0.3 is 11.9 Å². The number of aromatic nitrogens is 2. The number of anilines is 1. The van der Waals surface area contributed by atoms with Crippen LogP contribution in [0.3, 0.4) is 0 Å². The van der Waals surface area contributed by atoms with Crippen LogP contribution in [0, 0.1) is 0 Å². The molecule has 184 valence electrons. The zero-order valence-electron chi connectivity index (χ0n) is 17.7. The van der Waals surface area contributed by atoms with Crippen molar-refractivity contribution in [3.05, 3.63) is 33.4 Å². The number of rotatable bonds is 9. The van der Waals surface area contributed by atoms with Crippen molar-refractivity contribution >= 4 is 80.8 Å². The van der Waals surface area contributed by atoms with Crippen molar-refractivity contribution in [2.45, 2.75) is 15.8 Å². The van der Waals surface area contributed by atoms with Gasteiger partial charge in [-0.2, -0.15) is 0 Å². The number of amides is 2. The van der Waals surface area contributed by atoms with Crippen LogP contribution in [0.2, 0.25) is 0 Å². The van der Waals surface area contributed by atoms with Crippen molar-refractivity contribution < 1.29 is 34.2 Å². The zero-order chi connectivity index (χ0) is 25.3. The molecule has 2 amide bonds. The summed E-state index contributed by atoms with van der Waals surface area (Å²) in [6.45, 7) is 0. The Morgan fingerprint density at radius 1 is 1.26 bits per heavy atom. The molecule has 1 saturated heterocycles. The van der Waals surface area contributed by atoms with Gasteiger partial charge in [0.1, 0.15) is 29.9 Å². The molecule has 0 bridgehead atoms. The van der Waals surface area contributed by atoms with E-state index in [0.29, 0.717) is 15.7 Å². The van der Waals surface area contributed by atoms with Crippen molar-refractivity contribution in [3.8, 4) is 0 Å². The van der Waals surface area contributed by atoms with Crippen LogP contribution in [-0.4, -0.2) is 84.6 Å². The van der Waals surface area contributed by atoms with Crippen molar-refractivity contribution in [2.75, 3.05) is 24.3 Å². The van der Waals surface area contributed by atoms with E-state index < -0.39 is 35.2 Å². The first-order valence-electron chi connectivity index (χ1n) is 9.56. The van der Waals surface area contributed by atoms with Gasteiger partial charge in [-0.1, -0.05) is 16.9 Å². The van der Waals surface area contributed by atoms with E-state index in [0.717, 1.165) is 27.6 Å². The van der Waals surface area contributed by atoms with Gasteiger partial charge in [-0.3, -0.25) is 14.5 Å². The number of carboxylic acids is 2. The number of thiazole rings is 2. The first-order chi connectivity index (χ1) is 16.7. The largest absolute Gasteiger partial charge is 0.477 e. The van der Waals surface area contributed by atoms with Gasteiger partial charge in [-0.15, -0.1) is 34.4 Å². The van der Waals surface area contributed by atoms with Crippen LogP contribution in [0.15, 0.2) is 31.5 Å². The highest BCUT2D eigenvalue weighted by atomic mass is 32.2. The van der Waals surface area contributed by atoms with Crippen LogP contribution in [0.5, 0.6) is 0 Å². The van der Waals surface area contributed by atoms with Gasteiger partial charge in [0.25, 0.3) is 11.8 Å². The van der Waals surface area contributed by atoms with Crippen molar-refractivity contribution in [1.82, 2.24) is 20.2 Å². The third-order valence-corrected chi connectivity index (χ3v) is 8.89. The monoisotopic (exact) mass is 556 g/mol. The van der Waals surface area contributed by atoms with Gasteiger partial charge in [-0.25, -0.2) is 19.6 Å². The summed E-state index contributed by atoms with van der Waals surface area (Å²) < 4.78 is 0.472. The number of carbonyl (C=O) groups is 4. The maximum Gasteiger partial charge on any atom is 0.355 e. The molecule has 0 saturated carbocycles. The minimum absolute atomic E-state index is 0.0868. The summed E-state index contributed by atoms with van der Waals surface area (Å²) in [6.07, 6.45) is 0. The molecule has 0 spiro atoms. The molecule has 1 fully saturated rings. The van der Waals surface area contributed by atoms with E-state index in [1.54, 1.807) is 0 Å². The normalized spacial score (nSPS) is 19.7. The summed E-state index contributed by atoms with van der Waals surface area (Å²) in [5.41, 5.74) is 5.90. The molecule has 0 aliphatic carbocycles. The Labute approximate surface area is 213 Å². The molecule has 4 heterocycles. The summed E-state index contributed by atoms with van der Waals surface area (Å²) in [5, 5.41) is 27.6. The molecule has 35 heavy (non-hydrogen) atoms. The van der Waals surface area contributed by atoms with Crippen LogP contribution < -0.4 is 11.1 Å². The number of nitrogens with zero attached hydrogens (tertiary/aromatic N) is 4. The number of fused-ring (bicyclic) bond motifs is 1. The average Bonchev–Trinajstić information content (AvgIpc) is 3.47. The number of nitrogens with two attached hydrogens (primary N) is 1. The van der Waals surface area contributed by atoms with E-state index >= 15 is 0 Å². The molecule has 0 radical (unpaired) electrons. The maximum atomic E-state index is 12.9. The Kier molecular flexibility index (Phi) is 7.29. The quantitative estimate of drug-likeness (QED) is 0.147. The van der Waals surface area contributed by atoms with Crippen LogP contribution in [0.1, 0.15) is 16.2 Å². The number of nitrogen functional groups attached to an aromatic ring is 1. The second-order valence-electron chi connectivity index (χ2n) is 6.90. The molecule has 2 aromatic heterocycles. The van der Waals surface area contributed by atoms with Gasteiger partial charge in [0.2, 0.25) is 0 Å². The predicted octanol–water partition coefficient (Wildman–Crippen LogP) is 0.761. The second-order valence-corrected chi connectivity index (χ2v) is 11.0. The standard InChI is InChI=1S/C18H16N6O7S4/c1-31-23-9(7-4-33-17(19)20-7)12(25)22-10-13(26)24-11(16(29)30)6(2-32-14(10)24)3-34-18-21-8(5-35-18)15(27)28/h4-5,10,14H,2-3H2,1H3,(H2,19,20)(H,22,25)(H,27,28)(H,29,30)/t10-,14+/m1/s1. The van der Waals surface area contributed by atoms with Gasteiger partial charge < -0.3 is 26.1 Å². The van der Waals surface area contributed by atoms with Crippen LogP contribution >= 0.6 is 46.2 Å². The Balaban J connectivity index is 1.48. The molecular weight excluding hydrogens is 541 g/mol. The number of aromatic carboxylic acids is 1. The minimum atomic E-state index is -1.27. The molecular formula is C18H16N6O7S4. The summed E-state index contributed by atoms with van der Waals surface area (Å²) in [7, 11) is 1.26. The highest BCUT2D eigenvalue weighted by Crippen LogP contribution is 2.41.